The van der Waals surface area contributed by atoms with Crippen molar-refractivity contribution in [1.29, 1.82) is 0 Å². The zero-order chi connectivity index (χ0) is 26.0. The largest absolute Gasteiger partial charge is 0.507 e. The maximum atomic E-state index is 13.3. The third-order valence-corrected chi connectivity index (χ3v) is 6.51. The van der Waals surface area contributed by atoms with E-state index < -0.39 is 23.5 Å². The summed E-state index contributed by atoms with van der Waals surface area (Å²) < 4.78 is 15.8. The van der Waals surface area contributed by atoms with Crippen molar-refractivity contribution in [1.82, 2.24) is 4.90 Å². The molecule has 1 unspecified atom stereocenters. The summed E-state index contributed by atoms with van der Waals surface area (Å²) in [6, 6.07) is 16.0. The SMILES string of the molecule is COc1ccc(CN2C(=O)C(=O)/C(=C(/O)c3cc(Cl)c(OC)cc3OC)C2c2ccc(Cl)cc2)cc1. The lowest BCUT2D eigenvalue weighted by Crippen LogP contribution is -2.29. The molecule has 1 amide bonds. The second-order valence-electron chi connectivity index (χ2n) is 8.01. The fraction of sp³-hybridized carbons (Fsp3) is 0.185. The van der Waals surface area contributed by atoms with Crippen LogP contribution >= 0.6 is 23.2 Å². The van der Waals surface area contributed by atoms with Crippen LogP contribution in [-0.2, 0) is 16.1 Å². The van der Waals surface area contributed by atoms with E-state index in [2.05, 4.69) is 0 Å². The molecule has 1 heterocycles. The second-order valence-corrected chi connectivity index (χ2v) is 8.86. The van der Waals surface area contributed by atoms with E-state index in [1.807, 2.05) is 12.1 Å². The molecule has 1 saturated heterocycles. The molecule has 9 heteroatoms. The third-order valence-electron chi connectivity index (χ3n) is 5.97. The quantitative estimate of drug-likeness (QED) is 0.243. The molecule has 7 nitrogen and oxygen atoms in total. The first kappa shape index (κ1) is 25.4. The maximum Gasteiger partial charge on any atom is 0.295 e. The van der Waals surface area contributed by atoms with Crippen molar-refractivity contribution in [2.75, 3.05) is 21.3 Å². The molecule has 0 radical (unpaired) electrons. The van der Waals surface area contributed by atoms with Gasteiger partial charge in [0.15, 0.2) is 0 Å². The predicted octanol–water partition coefficient (Wildman–Crippen LogP) is 5.64. The first-order valence-electron chi connectivity index (χ1n) is 10.9. The number of benzene rings is 3. The summed E-state index contributed by atoms with van der Waals surface area (Å²) in [5.41, 5.74) is 1.45. The molecule has 1 fully saturated rings. The molecule has 3 aromatic rings. The van der Waals surface area contributed by atoms with Gasteiger partial charge in [-0.15, -0.1) is 0 Å². The van der Waals surface area contributed by atoms with Crippen LogP contribution in [0, 0.1) is 0 Å². The van der Waals surface area contributed by atoms with Gasteiger partial charge in [-0.25, -0.2) is 0 Å². The number of aliphatic hydroxyl groups excluding tert-OH is 1. The highest BCUT2D eigenvalue weighted by Gasteiger charge is 2.46. The second kappa shape index (κ2) is 10.5. The molecule has 4 rings (SSSR count). The van der Waals surface area contributed by atoms with Gasteiger partial charge in [-0.05, 0) is 41.5 Å². The highest BCUT2D eigenvalue weighted by Crippen LogP contribution is 2.43. The molecule has 36 heavy (non-hydrogen) atoms. The molecule has 0 aromatic heterocycles. The Bertz CT molecular complexity index is 1340. The number of carbonyl (C=O) groups is 2. The molecule has 3 aromatic carbocycles. The lowest BCUT2D eigenvalue weighted by molar-refractivity contribution is -0.140. The van der Waals surface area contributed by atoms with E-state index in [0.29, 0.717) is 22.1 Å². The van der Waals surface area contributed by atoms with Crippen molar-refractivity contribution in [3.63, 3.8) is 0 Å². The molecule has 0 bridgehead atoms. The van der Waals surface area contributed by atoms with Gasteiger partial charge in [0, 0.05) is 17.6 Å². The Hall–Kier alpha value is -3.68. The van der Waals surface area contributed by atoms with E-state index in [0.717, 1.165) is 5.56 Å². The number of aliphatic hydroxyl groups is 1. The average Bonchev–Trinajstić information content (AvgIpc) is 3.14. The van der Waals surface area contributed by atoms with Crippen LogP contribution in [0.1, 0.15) is 22.7 Å². The van der Waals surface area contributed by atoms with Crippen molar-refractivity contribution in [2.45, 2.75) is 12.6 Å². The summed E-state index contributed by atoms with van der Waals surface area (Å²) in [4.78, 5) is 28.0. The van der Waals surface area contributed by atoms with Gasteiger partial charge in [0.2, 0.25) is 0 Å². The standard InChI is InChI=1S/C27H23Cl2NO6/c1-34-18-10-4-15(5-11-18)14-30-24(16-6-8-17(28)9-7-16)23(26(32)27(30)33)25(31)19-12-20(29)22(36-3)13-21(19)35-2/h4-13,24,31H,14H2,1-3H3/b25-23+. The summed E-state index contributed by atoms with van der Waals surface area (Å²) in [6.07, 6.45) is 0. The van der Waals surface area contributed by atoms with E-state index >= 15 is 0 Å². The van der Waals surface area contributed by atoms with Crippen LogP contribution in [0.3, 0.4) is 0 Å². The highest BCUT2D eigenvalue weighted by atomic mass is 35.5. The normalized spacial score (nSPS) is 16.8. The first-order chi connectivity index (χ1) is 17.3. The zero-order valence-corrected chi connectivity index (χ0v) is 21.3. The molecular weight excluding hydrogens is 505 g/mol. The van der Waals surface area contributed by atoms with Crippen LogP contribution in [-0.4, -0.2) is 43.0 Å². The molecular formula is C27H23Cl2NO6. The number of hydrogen-bond acceptors (Lipinski definition) is 6. The van der Waals surface area contributed by atoms with Gasteiger partial charge in [0.05, 0.1) is 43.5 Å². The summed E-state index contributed by atoms with van der Waals surface area (Å²) in [7, 11) is 4.43. The number of rotatable bonds is 7. The molecule has 1 atom stereocenters. The number of halogens is 2. The van der Waals surface area contributed by atoms with Crippen molar-refractivity contribution < 1.29 is 28.9 Å². The van der Waals surface area contributed by atoms with Crippen LogP contribution in [0.15, 0.2) is 66.2 Å². The third kappa shape index (κ3) is 4.72. The van der Waals surface area contributed by atoms with Gasteiger partial charge in [0.25, 0.3) is 11.7 Å². The van der Waals surface area contributed by atoms with Crippen LogP contribution in [0.2, 0.25) is 10.0 Å². The topological polar surface area (TPSA) is 85.3 Å². The molecule has 0 saturated carbocycles. The van der Waals surface area contributed by atoms with Crippen molar-refractivity contribution in [3.05, 3.63) is 93.0 Å². The van der Waals surface area contributed by atoms with Gasteiger partial charge in [-0.1, -0.05) is 47.5 Å². The van der Waals surface area contributed by atoms with Gasteiger partial charge >= 0.3 is 0 Å². The monoisotopic (exact) mass is 527 g/mol. The Labute approximate surface area is 218 Å². The van der Waals surface area contributed by atoms with Crippen molar-refractivity contribution in [2.24, 2.45) is 0 Å². The van der Waals surface area contributed by atoms with E-state index in [1.165, 1.54) is 31.3 Å². The Morgan fingerprint density at radius 3 is 2.11 bits per heavy atom. The summed E-state index contributed by atoms with van der Waals surface area (Å²) in [5.74, 6) is -0.754. The number of nitrogens with zero attached hydrogens (tertiary/aromatic N) is 1. The van der Waals surface area contributed by atoms with Gasteiger partial charge in [0.1, 0.15) is 23.0 Å². The summed E-state index contributed by atoms with van der Waals surface area (Å²) >= 11 is 12.4. The van der Waals surface area contributed by atoms with E-state index in [9.17, 15) is 14.7 Å². The lowest BCUT2D eigenvalue weighted by Gasteiger charge is -2.26. The first-order valence-corrected chi connectivity index (χ1v) is 11.6. The van der Waals surface area contributed by atoms with E-state index in [-0.39, 0.29) is 28.5 Å². The van der Waals surface area contributed by atoms with Gasteiger partial charge in [-0.2, -0.15) is 0 Å². The number of ketones is 1. The number of Topliss-reactive ketones (excluding diaryl/α,β-unsaturated/α-hetero) is 1. The number of likely N-dealkylation sites (tertiary alicyclic amines) is 1. The summed E-state index contributed by atoms with van der Waals surface area (Å²) in [5, 5.41) is 12.1. The lowest BCUT2D eigenvalue weighted by atomic mass is 9.94. The van der Waals surface area contributed by atoms with E-state index in [1.54, 1.807) is 43.5 Å². The van der Waals surface area contributed by atoms with Crippen LogP contribution in [0.5, 0.6) is 17.2 Å². The van der Waals surface area contributed by atoms with Gasteiger partial charge < -0.3 is 24.2 Å². The van der Waals surface area contributed by atoms with Crippen molar-refractivity contribution >= 4 is 40.7 Å². The van der Waals surface area contributed by atoms with E-state index in [4.69, 9.17) is 37.4 Å². The minimum atomic E-state index is -0.880. The van der Waals surface area contributed by atoms with Gasteiger partial charge in [-0.3, -0.25) is 9.59 Å². The van der Waals surface area contributed by atoms with Crippen LogP contribution in [0.4, 0.5) is 0 Å². The predicted molar refractivity (Wildman–Crippen MR) is 137 cm³/mol. The number of methoxy groups -OCH3 is 3. The van der Waals surface area contributed by atoms with Crippen LogP contribution in [0.25, 0.3) is 5.76 Å². The maximum absolute atomic E-state index is 13.3. The Balaban J connectivity index is 1.88. The minimum absolute atomic E-state index is 0.0876. The van der Waals surface area contributed by atoms with Crippen molar-refractivity contribution in [3.8, 4) is 17.2 Å². The highest BCUT2D eigenvalue weighted by molar-refractivity contribution is 6.46. The molecule has 0 aliphatic carbocycles. The molecule has 1 aliphatic rings. The Kier molecular flexibility index (Phi) is 7.43. The molecule has 1 aliphatic heterocycles. The zero-order valence-electron chi connectivity index (χ0n) is 19.7. The molecule has 0 spiro atoms. The Morgan fingerprint density at radius 1 is 0.889 bits per heavy atom. The van der Waals surface area contributed by atoms with Crippen LogP contribution < -0.4 is 14.2 Å². The number of amides is 1. The molecule has 186 valence electrons. The minimum Gasteiger partial charge on any atom is -0.507 e. The Morgan fingerprint density at radius 2 is 1.53 bits per heavy atom. The average molecular weight is 528 g/mol. The fourth-order valence-electron chi connectivity index (χ4n) is 4.15. The fourth-order valence-corrected chi connectivity index (χ4v) is 4.52. The molecule has 1 N–H and O–H groups in total. The summed E-state index contributed by atoms with van der Waals surface area (Å²) in [6.45, 7) is 0.124. The smallest absolute Gasteiger partial charge is 0.295 e. The number of ether oxygens (including phenoxy) is 3. The number of carbonyl (C=O) groups excluding carboxylic acids is 2. The number of hydrogen-bond donors (Lipinski definition) is 1.